The molecule has 2 aliphatic heterocycles. The highest BCUT2D eigenvalue weighted by atomic mass is 79.9. The van der Waals surface area contributed by atoms with E-state index in [2.05, 4.69) is 57.8 Å². The Morgan fingerprint density at radius 2 is 2.10 bits per heavy atom. The molecular weight excluding hydrogens is 344 g/mol. The van der Waals surface area contributed by atoms with Crippen LogP contribution in [0.3, 0.4) is 0 Å². The third kappa shape index (κ3) is 3.49. The molecule has 2 nitrogen and oxygen atoms in total. The van der Waals surface area contributed by atoms with E-state index in [1.807, 2.05) is 0 Å². The fourth-order valence-electron chi connectivity index (χ4n) is 3.76. The van der Waals surface area contributed by atoms with Gasteiger partial charge in [0.2, 0.25) is 0 Å². The van der Waals surface area contributed by atoms with E-state index in [1.165, 1.54) is 46.4 Å². The lowest BCUT2D eigenvalue weighted by molar-refractivity contribution is 0.313. The van der Waals surface area contributed by atoms with Crippen molar-refractivity contribution < 1.29 is 0 Å². The molecule has 2 aliphatic rings. The molecule has 0 spiro atoms. The van der Waals surface area contributed by atoms with Gasteiger partial charge >= 0.3 is 0 Å². The van der Waals surface area contributed by atoms with Gasteiger partial charge in [-0.05, 0) is 73.4 Å². The van der Waals surface area contributed by atoms with Gasteiger partial charge in [0.25, 0.3) is 0 Å². The van der Waals surface area contributed by atoms with Gasteiger partial charge in [-0.15, -0.1) is 0 Å². The van der Waals surface area contributed by atoms with Gasteiger partial charge in [0.15, 0.2) is 0 Å². The summed E-state index contributed by atoms with van der Waals surface area (Å²) in [6, 6.07) is 7.61. The Morgan fingerprint density at radius 3 is 2.71 bits per heavy atom. The Kier molecular flexibility index (Phi) is 5.31. The fraction of sp³-hybridized carbons (Fsp3) is 0.647. The van der Waals surface area contributed by atoms with Crippen LogP contribution in [0.15, 0.2) is 22.7 Å². The van der Waals surface area contributed by atoms with Crippen molar-refractivity contribution >= 4 is 27.7 Å². The van der Waals surface area contributed by atoms with Crippen LogP contribution in [0.5, 0.6) is 0 Å². The third-order valence-corrected chi connectivity index (χ3v) is 6.77. The van der Waals surface area contributed by atoms with Crippen molar-refractivity contribution in [2.45, 2.75) is 31.2 Å². The van der Waals surface area contributed by atoms with Crippen LogP contribution < -0.4 is 5.73 Å². The Bertz CT molecular complexity index is 488. The van der Waals surface area contributed by atoms with Gasteiger partial charge in [-0.2, -0.15) is 11.8 Å². The molecule has 3 rings (SSSR count). The minimum absolute atomic E-state index is 0.533. The number of thioether (sulfide) groups is 1. The van der Waals surface area contributed by atoms with Gasteiger partial charge in [-0.25, -0.2) is 0 Å². The molecular formula is C17H25BrN2S. The topological polar surface area (TPSA) is 29.3 Å². The average molecular weight is 369 g/mol. The Labute approximate surface area is 141 Å². The second kappa shape index (κ2) is 7.03. The molecule has 21 heavy (non-hydrogen) atoms. The molecule has 4 heteroatoms. The zero-order chi connectivity index (χ0) is 14.8. The standard InChI is InChI=1S/C17H25BrN2S/c1-20-11-12(10-19)8-17(20)14-2-3-15(16(18)9-14)13-4-6-21-7-5-13/h2-3,9,12-13,17H,4-8,10-11,19H2,1H3. The average Bonchev–Trinajstić information content (AvgIpc) is 2.89. The van der Waals surface area contributed by atoms with Crippen LogP contribution >= 0.6 is 27.7 Å². The normalized spacial score (nSPS) is 28.1. The van der Waals surface area contributed by atoms with Crippen LogP contribution in [-0.2, 0) is 0 Å². The maximum Gasteiger partial charge on any atom is 0.0349 e. The molecule has 1 aromatic rings. The molecule has 2 N–H and O–H groups in total. The van der Waals surface area contributed by atoms with Crippen LogP contribution in [0.4, 0.5) is 0 Å². The predicted molar refractivity (Wildman–Crippen MR) is 96.0 cm³/mol. The minimum atomic E-state index is 0.533. The number of rotatable bonds is 3. The molecule has 0 amide bonds. The van der Waals surface area contributed by atoms with E-state index >= 15 is 0 Å². The smallest absolute Gasteiger partial charge is 0.0349 e. The molecule has 116 valence electrons. The van der Waals surface area contributed by atoms with Gasteiger partial charge in [0.05, 0.1) is 0 Å². The molecule has 2 atom stereocenters. The van der Waals surface area contributed by atoms with Crippen LogP contribution in [0.1, 0.15) is 42.3 Å². The molecule has 0 bridgehead atoms. The number of hydrogen-bond donors (Lipinski definition) is 1. The summed E-state index contributed by atoms with van der Waals surface area (Å²) < 4.78 is 1.31. The number of nitrogens with two attached hydrogens (primary N) is 1. The number of hydrogen-bond acceptors (Lipinski definition) is 3. The molecule has 0 saturated carbocycles. The van der Waals surface area contributed by atoms with Crippen molar-refractivity contribution in [3.8, 4) is 0 Å². The van der Waals surface area contributed by atoms with Crippen molar-refractivity contribution in [3.63, 3.8) is 0 Å². The lowest BCUT2D eigenvalue weighted by Crippen LogP contribution is -2.20. The Morgan fingerprint density at radius 1 is 1.33 bits per heavy atom. The first-order valence-corrected chi connectivity index (χ1v) is 9.91. The summed E-state index contributed by atoms with van der Waals surface area (Å²) in [5.74, 6) is 4.01. The summed E-state index contributed by atoms with van der Waals surface area (Å²) in [7, 11) is 2.22. The lowest BCUT2D eigenvalue weighted by Gasteiger charge is -2.25. The van der Waals surface area contributed by atoms with Gasteiger partial charge in [0.1, 0.15) is 0 Å². The monoisotopic (exact) mass is 368 g/mol. The van der Waals surface area contributed by atoms with E-state index in [4.69, 9.17) is 5.73 Å². The van der Waals surface area contributed by atoms with E-state index in [0.29, 0.717) is 12.0 Å². The largest absolute Gasteiger partial charge is 0.330 e. The summed E-state index contributed by atoms with van der Waals surface area (Å²) in [6.07, 6.45) is 3.83. The first kappa shape index (κ1) is 15.9. The van der Waals surface area contributed by atoms with Gasteiger partial charge in [-0.3, -0.25) is 4.90 Å². The van der Waals surface area contributed by atoms with Gasteiger partial charge in [-0.1, -0.05) is 28.1 Å². The first-order valence-electron chi connectivity index (χ1n) is 7.96. The van der Waals surface area contributed by atoms with Crippen molar-refractivity contribution in [2.75, 3.05) is 31.6 Å². The molecule has 2 fully saturated rings. The molecule has 0 aromatic heterocycles. The number of halogens is 1. The van der Waals surface area contributed by atoms with Crippen molar-refractivity contribution in [3.05, 3.63) is 33.8 Å². The zero-order valence-electron chi connectivity index (χ0n) is 12.7. The van der Waals surface area contributed by atoms with Crippen molar-refractivity contribution in [2.24, 2.45) is 11.7 Å². The summed E-state index contributed by atoms with van der Waals surface area (Å²) in [6.45, 7) is 1.93. The van der Waals surface area contributed by atoms with Gasteiger partial charge < -0.3 is 5.73 Å². The van der Waals surface area contributed by atoms with Crippen LogP contribution in [0.25, 0.3) is 0 Å². The quantitative estimate of drug-likeness (QED) is 0.873. The SMILES string of the molecule is CN1CC(CN)CC1c1ccc(C2CCSCC2)c(Br)c1. The number of nitrogens with zero attached hydrogens (tertiary/aromatic N) is 1. The highest BCUT2D eigenvalue weighted by Gasteiger charge is 2.30. The molecule has 2 heterocycles. The van der Waals surface area contributed by atoms with Crippen LogP contribution in [-0.4, -0.2) is 36.5 Å². The Hall–Kier alpha value is -0.0300. The second-order valence-electron chi connectivity index (χ2n) is 6.46. The fourth-order valence-corrected chi connectivity index (χ4v) is 5.58. The molecule has 0 radical (unpaired) electrons. The maximum atomic E-state index is 5.85. The second-order valence-corrected chi connectivity index (χ2v) is 8.54. The van der Waals surface area contributed by atoms with E-state index in [9.17, 15) is 0 Å². The highest BCUT2D eigenvalue weighted by molar-refractivity contribution is 9.10. The lowest BCUT2D eigenvalue weighted by atomic mass is 9.91. The van der Waals surface area contributed by atoms with E-state index in [-0.39, 0.29) is 0 Å². The summed E-state index contributed by atoms with van der Waals surface area (Å²) in [5, 5.41) is 0. The minimum Gasteiger partial charge on any atom is -0.330 e. The van der Waals surface area contributed by atoms with Crippen LogP contribution in [0.2, 0.25) is 0 Å². The van der Waals surface area contributed by atoms with E-state index in [1.54, 1.807) is 0 Å². The van der Waals surface area contributed by atoms with Gasteiger partial charge in [0, 0.05) is 17.1 Å². The molecule has 2 unspecified atom stereocenters. The Balaban J connectivity index is 1.77. The zero-order valence-corrected chi connectivity index (χ0v) is 15.1. The third-order valence-electron chi connectivity index (χ3n) is 5.04. The molecule has 1 aromatic carbocycles. The number of likely N-dealkylation sites (tertiary alicyclic amines) is 1. The van der Waals surface area contributed by atoms with E-state index in [0.717, 1.165) is 19.0 Å². The molecule has 2 saturated heterocycles. The van der Waals surface area contributed by atoms with Crippen molar-refractivity contribution in [1.82, 2.24) is 4.90 Å². The number of benzene rings is 1. The van der Waals surface area contributed by atoms with Crippen LogP contribution in [0, 0.1) is 5.92 Å². The maximum absolute atomic E-state index is 5.85. The summed E-state index contributed by atoms with van der Waals surface area (Å²) in [5.41, 5.74) is 8.80. The summed E-state index contributed by atoms with van der Waals surface area (Å²) >= 11 is 5.92. The first-order chi connectivity index (χ1) is 10.2. The molecule has 0 aliphatic carbocycles. The van der Waals surface area contributed by atoms with Crippen molar-refractivity contribution in [1.29, 1.82) is 0 Å². The summed E-state index contributed by atoms with van der Waals surface area (Å²) in [4.78, 5) is 2.45. The highest BCUT2D eigenvalue weighted by Crippen LogP contribution is 2.39. The van der Waals surface area contributed by atoms with E-state index < -0.39 is 0 Å². The predicted octanol–water partition coefficient (Wildman–Crippen LogP) is 4.01.